The number of alkyl halides is 12. The maximum absolute atomic E-state index is 14.4. The fraction of sp³-hybridized carbons (Fsp3) is 0.440. The summed E-state index contributed by atoms with van der Waals surface area (Å²) < 4.78 is 172. The van der Waals surface area contributed by atoms with Crippen LogP contribution < -0.4 is 0 Å². The molecule has 2 unspecified atom stereocenters. The molecule has 2 aliphatic carbocycles. The number of rotatable bonds is 9. The molecule has 0 aliphatic heterocycles. The SMILES string of the molecule is CCCC1=Cc2c(ccc(C(C)(C)C)c2-c2cc(C(F)(F)F)cc(C(F)(F)F)c2)[CH]1[Zr]([Cl])([Cl])([CH]1C(CCC)=Cc2c1ccc(C(C)(C)C)c2-c1cc(C(F)(F)F)cc(C(F)(F)F)c1)[SiH](C)C. The normalized spacial score (nSPS) is 18.0. The molecule has 2 atom stereocenters. The number of halogens is 14. The van der Waals surface area contributed by atoms with E-state index in [1.807, 2.05) is 92.8 Å². The van der Waals surface area contributed by atoms with Crippen LogP contribution in [0.3, 0.4) is 0 Å². The van der Waals surface area contributed by atoms with Gasteiger partial charge in [0.2, 0.25) is 0 Å². The van der Waals surface area contributed by atoms with E-state index in [2.05, 4.69) is 0 Å². The molecule has 0 saturated carbocycles. The summed E-state index contributed by atoms with van der Waals surface area (Å²) in [6.07, 6.45) is -14.8. The Morgan fingerprint density at radius 3 is 1.00 bits per heavy atom. The van der Waals surface area contributed by atoms with Gasteiger partial charge in [0.05, 0.1) is 0 Å². The van der Waals surface area contributed by atoms with Gasteiger partial charge in [0.1, 0.15) is 0 Å². The Bertz CT molecular complexity index is 2380. The second kappa shape index (κ2) is 17.3. The van der Waals surface area contributed by atoms with Crippen molar-refractivity contribution < 1.29 is 68.2 Å². The van der Waals surface area contributed by atoms with Crippen molar-refractivity contribution in [3.63, 3.8) is 0 Å². The molecule has 66 heavy (non-hydrogen) atoms. The monoisotopic (exact) mass is 1070 g/mol. The summed E-state index contributed by atoms with van der Waals surface area (Å²) in [4.78, 5) is 0. The molecule has 0 amide bonds. The maximum atomic E-state index is 14.4. The molecule has 0 aromatic heterocycles. The average molecular weight is 1070 g/mol. The zero-order chi connectivity index (χ0) is 49.7. The van der Waals surface area contributed by atoms with Gasteiger partial charge in [0, 0.05) is 0 Å². The van der Waals surface area contributed by atoms with Crippen LogP contribution in [0.15, 0.2) is 71.8 Å². The predicted molar refractivity (Wildman–Crippen MR) is 243 cm³/mol. The van der Waals surface area contributed by atoms with Gasteiger partial charge in [-0.1, -0.05) is 0 Å². The van der Waals surface area contributed by atoms with Gasteiger partial charge >= 0.3 is 390 Å². The quantitative estimate of drug-likeness (QED) is 0.116. The van der Waals surface area contributed by atoms with Crippen LogP contribution >= 0.6 is 17.0 Å². The van der Waals surface area contributed by atoms with Gasteiger partial charge in [-0.3, -0.25) is 0 Å². The van der Waals surface area contributed by atoms with E-state index in [1.54, 1.807) is 12.1 Å². The summed E-state index contributed by atoms with van der Waals surface area (Å²) in [5, 5.41) is 0. The molecule has 0 spiro atoms. The summed E-state index contributed by atoms with van der Waals surface area (Å²) in [6, 6.07) is 10.3. The Labute approximate surface area is 387 Å². The van der Waals surface area contributed by atoms with E-state index in [0.717, 1.165) is 35.4 Å². The van der Waals surface area contributed by atoms with Crippen LogP contribution in [0.1, 0.15) is 144 Å². The molecule has 0 heterocycles. The van der Waals surface area contributed by atoms with Crippen LogP contribution in [0.2, 0.25) is 13.1 Å². The minimum absolute atomic E-state index is 0.102. The number of hydrogen-bond donors (Lipinski definition) is 0. The third-order valence-electron chi connectivity index (χ3n) is 13.2. The molecule has 0 bridgehead atoms. The van der Waals surface area contributed by atoms with Gasteiger partial charge in [0.25, 0.3) is 0 Å². The molecule has 0 fully saturated rings. The Kier molecular flexibility index (Phi) is 13.7. The van der Waals surface area contributed by atoms with E-state index in [1.165, 1.54) is 0 Å². The first kappa shape index (κ1) is 52.6. The first-order valence-electron chi connectivity index (χ1n) is 21.9. The van der Waals surface area contributed by atoms with Crippen LogP contribution in [0, 0.1) is 0 Å². The van der Waals surface area contributed by atoms with Crippen molar-refractivity contribution in [2.45, 2.75) is 137 Å². The van der Waals surface area contributed by atoms with Crippen molar-refractivity contribution in [2.24, 2.45) is 0 Å². The van der Waals surface area contributed by atoms with Crippen LogP contribution in [-0.4, -0.2) is 5.92 Å². The molecule has 359 valence electrons. The van der Waals surface area contributed by atoms with Gasteiger partial charge < -0.3 is 0 Å². The summed E-state index contributed by atoms with van der Waals surface area (Å²) >= 11 is -5.88. The van der Waals surface area contributed by atoms with Crippen LogP contribution in [0.5, 0.6) is 0 Å². The molecule has 2 aliphatic rings. The molecule has 6 rings (SSSR count). The predicted octanol–water partition coefficient (Wildman–Crippen LogP) is 18.8. The van der Waals surface area contributed by atoms with Gasteiger partial charge in [-0.15, -0.1) is 0 Å². The van der Waals surface area contributed by atoms with Crippen molar-refractivity contribution in [3.8, 4) is 22.3 Å². The Morgan fingerprint density at radius 1 is 0.485 bits per heavy atom. The van der Waals surface area contributed by atoms with E-state index >= 15 is 0 Å². The zero-order valence-corrected chi connectivity index (χ0v) is 43.4. The molecule has 0 nitrogen and oxygen atoms in total. The molecule has 4 aromatic carbocycles. The standard InChI is InChI=1S/2C24H23F6.C2H7Si.2ClH.Zr/c2*1-5-6-14-9-15-7-8-20(22(2,3)4)21(19(15)10-14)16-11-17(23(25,26)27)13-18(12-16)24(28,29)30;1-3-2;;;/h2*7-13H,5-6H2,1-4H3;3H,1-2H3;2*1H;/q;;;;;+2/p-2. The van der Waals surface area contributed by atoms with Crippen LogP contribution in [0.4, 0.5) is 52.7 Å². The first-order valence-corrected chi connectivity index (χ1v) is 38.2. The number of fused-ring (bicyclic) bond motifs is 2. The summed E-state index contributed by atoms with van der Waals surface area (Å²) in [5.74, 6) is -2.40. The summed E-state index contributed by atoms with van der Waals surface area (Å²) in [6.45, 7) is 18.8. The second-order valence-electron chi connectivity index (χ2n) is 20.3. The summed E-state index contributed by atoms with van der Waals surface area (Å²) in [7, 11) is 17.2. The van der Waals surface area contributed by atoms with Crippen molar-refractivity contribution in [3.05, 3.63) is 127 Å². The zero-order valence-electron chi connectivity index (χ0n) is 38.3. The van der Waals surface area contributed by atoms with Gasteiger partial charge in [-0.05, 0) is 0 Å². The van der Waals surface area contributed by atoms with Crippen molar-refractivity contribution >= 4 is 35.1 Å². The molecule has 0 N–H and O–H groups in total. The van der Waals surface area contributed by atoms with E-state index in [0.29, 0.717) is 59.1 Å². The molecular formula is C50H53Cl2F12SiZr. The van der Waals surface area contributed by atoms with Gasteiger partial charge in [0.15, 0.2) is 0 Å². The molecule has 4 aromatic rings. The molecule has 16 heteroatoms. The Balaban J connectivity index is 1.74. The second-order valence-corrected chi connectivity index (χ2v) is 62.8. The van der Waals surface area contributed by atoms with E-state index < -0.39 is 86.5 Å². The van der Waals surface area contributed by atoms with Crippen molar-refractivity contribution in [1.29, 1.82) is 0 Å². The molecular weight excluding hydrogens is 1020 g/mol. The topological polar surface area (TPSA) is 0 Å². The third-order valence-corrected chi connectivity index (χ3v) is 65.1. The van der Waals surface area contributed by atoms with Gasteiger partial charge in [-0.25, -0.2) is 0 Å². The Morgan fingerprint density at radius 2 is 0.773 bits per heavy atom. The Hall–Kier alpha value is -2.80. The van der Waals surface area contributed by atoms with Crippen molar-refractivity contribution in [2.75, 3.05) is 0 Å². The first-order chi connectivity index (χ1) is 30.0. The number of benzene rings is 4. The molecule has 0 radical (unpaired) electrons. The van der Waals surface area contributed by atoms with E-state index in [-0.39, 0.29) is 34.4 Å². The molecule has 0 saturated heterocycles. The van der Waals surface area contributed by atoms with E-state index in [9.17, 15) is 52.7 Å². The fourth-order valence-corrected chi connectivity index (χ4v) is 41.7. The number of hydrogen-bond acceptors (Lipinski definition) is 0. The average Bonchev–Trinajstić information content (AvgIpc) is 3.74. The van der Waals surface area contributed by atoms with Crippen LogP contribution in [0.25, 0.3) is 34.4 Å². The minimum atomic E-state index is -5.88. The fourth-order valence-electron chi connectivity index (χ4n) is 10.2. The van der Waals surface area contributed by atoms with Gasteiger partial charge in [-0.2, -0.15) is 0 Å². The summed E-state index contributed by atoms with van der Waals surface area (Å²) in [5.41, 5.74) is -3.00. The number of allylic oxidation sites excluding steroid dienone is 2. The van der Waals surface area contributed by atoms with E-state index in [4.69, 9.17) is 17.0 Å². The van der Waals surface area contributed by atoms with Crippen LogP contribution in [-0.2, 0) is 51.1 Å². The van der Waals surface area contributed by atoms with Crippen molar-refractivity contribution in [1.82, 2.24) is 0 Å². The third kappa shape index (κ3) is 9.45.